The highest BCUT2D eigenvalue weighted by atomic mass is 127. The van der Waals surface area contributed by atoms with Gasteiger partial charge in [-0.3, -0.25) is 4.79 Å². The number of hydrogen-bond acceptors (Lipinski definition) is 3. The molecule has 0 spiro atoms. The molecule has 2 unspecified atom stereocenters. The minimum atomic E-state index is -0.769. The molecule has 2 atom stereocenters. The van der Waals surface area contributed by atoms with Gasteiger partial charge in [0.1, 0.15) is 9.30 Å². The summed E-state index contributed by atoms with van der Waals surface area (Å²) in [6.07, 6.45) is 0. The van der Waals surface area contributed by atoms with E-state index in [4.69, 9.17) is 11.6 Å². The van der Waals surface area contributed by atoms with Crippen LogP contribution >= 0.6 is 34.2 Å². The van der Waals surface area contributed by atoms with Crippen LogP contribution in [0.2, 0.25) is 0 Å². The lowest BCUT2D eigenvalue weighted by Crippen LogP contribution is -2.23. The largest absolute Gasteiger partial charge is 0.391 e. The predicted octanol–water partition coefficient (Wildman–Crippen LogP) is 1.51. The van der Waals surface area contributed by atoms with Crippen LogP contribution in [0.4, 0.5) is 0 Å². The Morgan fingerprint density at radius 2 is 1.82 bits per heavy atom. The van der Waals surface area contributed by atoms with Crippen LogP contribution in [0.3, 0.4) is 0 Å². The lowest BCUT2D eigenvalue weighted by Gasteiger charge is -2.04. The van der Waals surface area contributed by atoms with Gasteiger partial charge in [0, 0.05) is 0 Å². The van der Waals surface area contributed by atoms with Crippen molar-refractivity contribution in [1.29, 1.82) is 0 Å². The Balaban J connectivity index is 3.86. The molecule has 0 aromatic heterocycles. The minimum Gasteiger partial charge on any atom is -0.391 e. The lowest BCUT2D eigenvalue weighted by molar-refractivity contribution is -0.158. The zero-order chi connectivity index (χ0) is 9.02. The van der Waals surface area contributed by atoms with Crippen LogP contribution in [0.25, 0.3) is 0 Å². The van der Waals surface area contributed by atoms with Crippen molar-refractivity contribution in [1.82, 2.24) is 0 Å². The van der Waals surface area contributed by atoms with Crippen molar-refractivity contribution in [3.8, 4) is 0 Å². The molecule has 0 aliphatic rings. The molecule has 0 heterocycles. The zero-order valence-corrected chi connectivity index (χ0v) is 9.05. The number of esters is 2. The molecule has 5 heteroatoms. The zero-order valence-electron chi connectivity index (χ0n) is 6.14. The number of ether oxygens (including phenoxy) is 1. The Labute approximate surface area is 83.6 Å². The highest BCUT2D eigenvalue weighted by Crippen LogP contribution is 2.04. The van der Waals surface area contributed by atoms with Gasteiger partial charge in [0.15, 0.2) is 0 Å². The number of carbonyl (C=O) groups excluding carboxylic acids is 2. The number of rotatable bonds is 2. The maximum absolute atomic E-state index is 10.7. The second-order valence-corrected chi connectivity index (χ2v) is 4.50. The smallest absolute Gasteiger partial charge is 0.331 e. The van der Waals surface area contributed by atoms with E-state index in [1.54, 1.807) is 6.92 Å². The molecule has 0 fully saturated rings. The fraction of sp³-hybridized carbons (Fsp3) is 0.667. The van der Waals surface area contributed by atoms with Gasteiger partial charge in [-0.15, -0.1) is 11.6 Å². The molecule has 0 bridgehead atoms. The van der Waals surface area contributed by atoms with Gasteiger partial charge < -0.3 is 4.74 Å². The molecule has 0 saturated heterocycles. The van der Waals surface area contributed by atoms with E-state index in [2.05, 4.69) is 4.74 Å². The Hall–Kier alpha value is 0.160. The van der Waals surface area contributed by atoms with Gasteiger partial charge in [-0.1, -0.05) is 22.6 Å². The van der Waals surface area contributed by atoms with Crippen molar-refractivity contribution >= 4 is 46.1 Å². The molecule has 0 aromatic rings. The summed E-state index contributed by atoms with van der Waals surface area (Å²) in [6.45, 7) is 3.09. The van der Waals surface area contributed by atoms with Crippen molar-refractivity contribution in [2.24, 2.45) is 0 Å². The topological polar surface area (TPSA) is 43.4 Å². The van der Waals surface area contributed by atoms with Crippen molar-refractivity contribution < 1.29 is 14.3 Å². The van der Waals surface area contributed by atoms with Crippen molar-refractivity contribution in [2.45, 2.75) is 23.1 Å². The van der Waals surface area contributed by atoms with E-state index in [1.807, 2.05) is 22.6 Å². The molecule has 0 radical (unpaired) electrons. The van der Waals surface area contributed by atoms with Gasteiger partial charge in [-0.2, -0.15) is 0 Å². The Morgan fingerprint density at radius 1 is 1.36 bits per heavy atom. The molecule has 0 aliphatic heterocycles. The van der Waals surface area contributed by atoms with Crippen LogP contribution in [-0.2, 0) is 14.3 Å². The first-order valence-electron chi connectivity index (χ1n) is 2.98. The summed E-state index contributed by atoms with van der Waals surface area (Å²) < 4.78 is 4.03. The number of alkyl halides is 2. The first kappa shape index (κ1) is 11.2. The van der Waals surface area contributed by atoms with E-state index < -0.39 is 17.3 Å². The Morgan fingerprint density at radius 3 is 2.09 bits per heavy atom. The molecule has 0 N–H and O–H groups in total. The summed E-state index contributed by atoms with van der Waals surface area (Å²) in [7, 11) is 0. The maximum atomic E-state index is 10.7. The van der Waals surface area contributed by atoms with Gasteiger partial charge in [0.25, 0.3) is 0 Å². The minimum absolute atomic E-state index is 0.327. The number of halogens is 2. The van der Waals surface area contributed by atoms with E-state index in [0.29, 0.717) is 0 Å². The standard InChI is InChI=1S/C6H8ClIO3/c1-3(7)5(9)11-6(10)4(2)8/h3-4H,1-2H3. The molecule has 11 heavy (non-hydrogen) atoms. The summed E-state index contributed by atoms with van der Waals surface area (Å²) in [5.41, 5.74) is 0. The first-order valence-corrected chi connectivity index (χ1v) is 4.67. The second kappa shape index (κ2) is 4.92. The van der Waals surface area contributed by atoms with Crippen LogP contribution in [-0.4, -0.2) is 21.2 Å². The van der Waals surface area contributed by atoms with Crippen LogP contribution in [0.1, 0.15) is 13.8 Å². The summed E-state index contributed by atoms with van der Waals surface area (Å²) in [5.74, 6) is -1.25. The average molecular weight is 290 g/mol. The Bertz CT molecular complexity index is 149. The van der Waals surface area contributed by atoms with E-state index in [0.717, 1.165) is 0 Å². The third kappa shape index (κ3) is 4.58. The normalized spacial score (nSPS) is 15.3. The highest BCUT2D eigenvalue weighted by molar-refractivity contribution is 14.1. The van der Waals surface area contributed by atoms with Gasteiger partial charge in [0.05, 0.1) is 0 Å². The third-order valence-corrected chi connectivity index (χ3v) is 1.54. The van der Waals surface area contributed by atoms with E-state index in [9.17, 15) is 9.59 Å². The molecular weight excluding hydrogens is 282 g/mol. The SMILES string of the molecule is CC(Cl)C(=O)OC(=O)C(C)I. The fourth-order valence-corrected chi connectivity index (χ4v) is 0.433. The van der Waals surface area contributed by atoms with Gasteiger partial charge in [0.2, 0.25) is 0 Å². The average Bonchev–Trinajstić information content (AvgIpc) is 1.87. The Kier molecular flexibility index (Phi) is 4.99. The first-order chi connectivity index (χ1) is 4.95. The predicted molar refractivity (Wildman–Crippen MR) is 49.9 cm³/mol. The summed E-state index contributed by atoms with van der Waals surface area (Å²) in [5, 5.41) is -0.769. The molecular formula is C6H8ClIO3. The number of carbonyl (C=O) groups is 2. The van der Waals surface area contributed by atoms with E-state index in [-0.39, 0.29) is 3.92 Å². The molecule has 0 aromatic carbocycles. The highest BCUT2D eigenvalue weighted by Gasteiger charge is 2.18. The molecule has 0 rings (SSSR count). The number of hydrogen-bond donors (Lipinski definition) is 0. The second-order valence-electron chi connectivity index (χ2n) is 1.97. The van der Waals surface area contributed by atoms with E-state index >= 15 is 0 Å². The molecule has 0 aliphatic carbocycles. The van der Waals surface area contributed by atoms with Crippen LogP contribution in [0.15, 0.2) is 0 Å². The monoisotopic (exact) mass is 290 g/mol. The van der Waals surface area contributed by atoms with Crippen molar-refractivity contribution in [2.75, 3.05) is 0 Å². The lowest BCUT2D eigenvalue weighted by atomic mass is 10.4. The summed E-state index contributed by atoms with van der Waals surface area (Å²) in [4.78, 5) is 21.4. The quantitative estimate of drug-likeness (QED) is 0.335. The van der Waals surface area contributed by atoms with Gasteiger partial charge >= 0.3 is 11.9 Å². The maximum Gasteiger partial charge on any atom is 0.331 e. The summed E-state index contributed by atoms with van der Waals surface area (Å²) in [6, 6.07) is 0. The molecule has 0 saturated carbocycles. The summed E-state index contributed by atoms with van der Waals surface area (Å²) >= 11 is 7.20. The van der Waals surface area contributed by atoms with Crippen LogP contribution in [0, 0.1) is 0 Å². The van der Waals surface area contributed by atoms with Crippen molar-refractivity contribution in [3.05, 3.63) is 0 Å². The van der Waals surface area contributed by atoms with Gasteiger partial charge in [-0.05, 0) is 13.8 Å². The van der Waals surface area contributed by atoms with Gasteiger partial charge in [-0.25, -0.2) is 4.79 Å². The van der Waals surface area contributed by atoms with Crippen molar-refractivity contribution in [3.63, 3.8) is 0 Å². The van der Waals surface area contributed by atoms with Crippen LogP contribution in [0.5, 0.6) is 0 Å². The van der Waals surface area contributed by atoms with Crippen LogP contribution < -0.4 is 0 Å². The van der Waals surface area contributed by atoms with E-state index in [1.165, 1.54) is 6.92 Å². The molecule has 64 valence electrons. The third-order valence-electron chi connectivity index (χ3n) is 0.851. The molecule has 0 amide bonds. The fourth-order valence-electron chi connectivity index (χ4n) is 0.262. The molecule has 3 nitrogen and oxygen atoms in total.